The van der Waals surface area contributed by atoms with Gasteiger partial charge in [-0.2, -0.15) is 0 Å². The van der Waals surface area contributed by atoms with E-state index in [-0.39, 0.29) is 18.1 Å². The first-order valence-electron chi connectivity index (χ1n) is 6.88. The summed E-state index contributed by atoms with van der Waals surface area (Å²) < 4.78 is 0. The number of allylic oxidation sites excluding steroid dienone is 1. The summed E-state index contributed by atoms with van der Waals surface area (Å²) in [6, 6.07) is 0. The zero-order valence-electron chi connectivity index (χ0n) is 11.4. The van der Waals surface area contributed by atoms with Crippen molar-refractivity contribution < 1.29 is 10.2 Å². The number of fused-ring (bicyclic) bond motifs is 2. The molecule has 2 nitrogen and oxygen atoms in total. The zero-order valence-corrected chi connectivity index (χ0v) is 11.4. The number of aliphatic hydroxyl groups excluding tert-OH is 2. The van der Waals surface area contributed by atoms with Crippen molar-refractivity contribution in [2.75, 3.05) is 6.61 Å². The average Bonchev–Trinajstić information content (AvgIpc) is 2.64. The second-order valence-electron chi connectivity index (χ2n) is 6.57. The van der Waals surface area contributed by atoms with Gasteiger partial charge in [-0.3, -0.25) is 0 Å². The zero-order chi connectivity index (χ0) is 12.7. The highest BCUT2D eigenvalue weighted by Gasteiger charge is 2.62. The van der Waals surface area contributed by atoms with Crippen LogP contribution in [0.2, 0.25) is 0 Å². The fourth-order valence-corrected chi connectivity index (χ4v) is 4.17. The largest absolute Gasteiger partial charge is 0.393 e. The Bertz CT molecular complexity index is 323. The van der Waals surface area contributed by atoms with E-state index in [2.05, 4.69) is 19.9 Å². The molecule has 2 heteroatoms. The van der Waals surface area contributed by atoms with Gasteiger partial charge in [0.1, 0.15) is 0 Å². The Hall–Kier alpha value is -0.340. The highest BCUT2D eigenvalue weighted by atomic mass is 16.3. The molecule has 2 saturated carbocycles. The minimum atomic E-state index is -0.103. The quantitative estimate of drug-likeness (QED) is 0.739. The predicted octanol–water partition coefficient (Wildman–Crippen LogP) is 2.89. The topological polar surface area (TPSA) is 40.5 Å². The van der Waals surface area contributed by atoms with Crippen molar-refractivity contribution in [3.63, 3.8) is 0 Å². The second kappa shape index (κ2) is 4.40. The molecule has 0 spiro atoms. The molecule has 98 valence electrons. The minimum absolute atomic E-state index is 0.103. The van der Waals surface area contributed by atoms with Crippen molar-refractivity contribution in [2.45, 2.75) is 59.0 Å². The Kier molecular flexibility index (Phi) is 3.39. The van der Waals surface area contributed by atoms with Crippen LogP contribution in [-0.2, 0) is 0 Å². The summed E-state index contributed by atoms with van der Waals surface area (Å²) in [5, 5.41) is 19.2. The number of hydrogen-bond acceptors (Lipinski definition) is 2. The Morgan fingerprint density at radius 3 is 2.59 bits per heavy atom. The summed E-state index contributed by atoms with van der Waals surface area (Å²) >= 11 is 0. The van der Waals surface area contributed by atoms with Crippen molar-refractivity contribution in [2.24, 2.45) is 16.7 Å². The van der Waals surface area contributed by atoms with Gasteiger partial charge in [-0.25, -0.2) is 0 Å². The lowest BCUT2D eigenvalue weighted by molar-refractivity contribution is 0.00199. The van der Waals surface area contributed by atoms with E-state index in [1.54, 1.807) is 0 Å². The third-order valence-electron chi connectivity index (χ3n) is 5.87. The summed E-state index contributed by atoms with van der Waals surface area (Å²) in [5.74, 6) is 0.699. The fraction of sp³-hybridized carbons (Fsp3) is 0.867. The molecular formula is C15H26O2. The molecule has 2 rings (SSSR count). The summed E-state index contributed by atoms with van der Waals surface area (Å²) in [6.07, 6.45) is 7.68. The van der Waals surface area contributed by atoms with Crippen molar-refractivity contribution >= 4 is 0 Å². The summed E-state index contributed by atoms with van der Waals surface area (Å²) in [6.45, 7) is 6.78. The van der Waals surface area contributed by atoms with Crippen LogP contribution in [0.4, 0.5) is 0 Å². The molecule has 2 bridgehead atoms. The molecule has 0 heterocycles. The van der Waals surface area contributed by atoms with Gasteiger partial charge in [-0.1, -0.05) is 25.5 Å². The smallest absolute Gasteiger partial charge is 0.0639 e. The van der Waals surface area contributed by atoms with Gasteiger partial charge in [-0.05, 0) is 55.8 Å². The SMILES string of the molecule is C/C(=C/CC[C@]1(C)[C@H]2CC[C@]1(C)[C@@H](O)C2)CO. The van der Waals surface area contributed by atoms with Crippen LogP contribution in [0, 0.1) is 16.7 Å². The van der Waals surface area contributed by atoms with E-state index in [4.69, 9.17) is 5.11 Å². The third-order valence-corrected chi connectivity index (χ3v) is 5.87. The highest BCUT2D eigenvalue weighted by molar-refractivity contribution is 5.13. The maximum absolute atomic E-state index is 10.2. The van der Waals surface area contributed by atoms with E-state index in [0.29, 0.717) is 11.3 Å². The monoisotopic (exact) mass is 238 g/mol. The van der Waals surface area contributed by atoms with Crippen LogP contribution in [0.3, 0.4) is 0 Å². The van der Waals surface area contributed by atoms with Crippen LogP contribution in [0.25, 0.3) is 0 Å². The Labute approximate surface area is 105 Å². The molecule has 0 aromatic carbocycles. The van der Waals surface area contributed by atoms with Crippen LogP contribution in [0.5, 0.6) is 0 Å². The van der Waals surface area contributed by atoms with Crippen molar-refractivity contribution in [3.8, 4) is 0 Å². The maximum Gasteiger partial charge on any atom is 0.0639 e. The molecule has 0 unspecified atom stereocenters. The van der Waals surface area contributed by atoms with Gasteiger partial charge in [0.15, 0.2) is 0 Å². The third kappa shape index (κ3) is 1.86. The van der Waals surface area contributed by atoms with Gasteiger partial charge in [0.2, 0.25) is 0 Å². The van der Waals surface area contributed by atoms with Gasteiger partial charge < -0.3 is 10.2 Å². The average molecular weight is 238 g/mol. The maximum atomic E-state index is 10.2. The molecule has 0 aromatic heterocycles. The first-order valence-corrected chi connectivity index (χ1v) is 6.88. The first kappa shape index (κ1) is 13.1. The lowest BCUT2D eigenvalue weighted by Gasteiger charge is -2.40. The molecule has 0 saturated heterocycles. The van der Waals surface area contributed by atoms with E-state index in [1.165, 1.54) is 12.8 Å². The van der Waals surface area contributed by atoms with Crippen LogP contribution in [-0.4, -0.2) is 22.9 Å². The number of rotatable bonds is 4. The summed E-state index contributed by atoms with van der Waals surface area (Å²) in [7, 11) is 0. The van der Waals surface area contributed by atoms with E-state index in [1.807, 2.05) is 6.92 Å². The van der Waals surface area contributed by atoms with Crippen LogP contribution in [0.15, 0.2) is 11.6 Å². The van der Waals surface area contributed by atoms with Crippen molar-refractivity contribution in [1.82, 2.24) is 0 Å². The summed E-state index contributed by atoms with van der Waals surface area (Å²) in [5.41, 5.74) is 1.47. The molecular weight excluding hydrogens is 212 g/mol. The Morgan fingerprint density at radius 1 is 1.41 bits per heavy atom. The predicted molar refractivity (Wildman–Crippen MR) is 69.6 cm³/mol. The standard InChI is InChI=1S/C15H26O2/c1-11(10-16)5-4-7-14(2)12-6-8-15(14,3)13(17)9-12/h5,12-13,16-17H,4,6-10H2,1-3H3/b11-5-/t12-,13-,14+,15+/m0/s1. The van der Waals surface area contributed by atoms with E-state index < -0.39 is 0 Å². The van der Waals surface area contributed by atoms with Gasteiger partial charge >= 0.3 is 0 Å². The van der Waals surface area contributed by atoms with E-state index in [9.17, 15) is 5.11 Å². The van der Waals surface area contributed by atoms with Crippen molar-refractivity contribution in [1.29, 1.82) is 0 Å². The Morgan fingerprint density at radius 2 is 2.12 bits per heavy atom. The minimum Gasteiger partial charge on any atom is -0.393 e. The fourth-order valence-electron chi connectivity index (χ4n) is 4.17. The number of hydrogen-bond donors (Lipinski definition) is 2. The van der Waals surface area contributed by atoms with Crippen LogP contribution >= 0.6 is 0 Å². The van der Waals surface area contributed by atoms with Crippen LogP contribution < -0.4 is 0 Å². The molecule has 4 atom stereocenters. The molecule has 0 aliphatic heterocycles. The first-order chi connectivity index (χ1) is 7.94. The second-order valence-corrected chi connectivity index (χ2v) is 6.57. The molecule has 2 aliphatic carbocycles. The van der Waals surface area contributed by atoms with E-state index >= 15 is 0 Å². The van der Waals surface area contributed by atoms with Gasteiger partial charge in [0, 0.05) is 0 Å². The van der Waals surface area contributed by atoms with Gasteiger partial charge in [-0.15, -0.1) is 0 Å². The van der Waals surface area contributed by atoms with Crippen molar-refractivity contribution in [3.05, 3.63) is 11.6 Å². The molecule has 0 radical (unpaired) electrons. The van der Waals surface area contributed by atoms with E-state index in [0.717, 1.165) is 24.8 Å². The van der Waals surface area contributed by atoms with Gasteiger partial charge in [0.25, 0.3) is 0 Å². The molecule has 0 aromatic rings. The number of aliphatic hydroxyl groups is 2. The lowest BCUT2D eigenvalue weighted by atomic mass is 9.66. The summed E-state index contributed by atoms with van der Waals surface area (Å²) in [4.78, 5) is 0. The lowest BCUT2D eigenvalue weighted by Crippen LogP contribution is -2.37. The molecule has 17 heavy (non-hydrogen) atoms. The molecule has 2 N–H and O–H groups in total. The molecule has 2 aliphatic rings. The highest BCUT2D eigenvalue weighted by Crippen LogP contribution is 2.67. The van der Waals surface area contributed by atoms with Gasteiger partial charge in [0.05, 0.1) is 12.7 Å². The normalized spacial score (nSPS) is 45.6. The molecule has 0 amide bonds. The molecule has 2 fully saturated rings. The van der Waals surface area contributed by atoms with Crippen LogP contribution in [0.1, 0.15) is 52.9 Å². The Balaban J connectivity index is 2.05.